The van der Waals surface area contributed by atoms with E-state index in [4.69, 9.17) is 0 Å². The van der Waals surface area contributed by atoms with Crippen LogP contribution in [0, 0.1) is 35.0 Å². The topological polar surface area (TPSA) is 0 Å². The lowest BCUT2D eigenvalue weighted by atomic mass is 9.66. The van der Waals surface area contributed by atoms with Gasteiger partial charge >= 0.3 is 0 Å². The fourth-order valence-corrected chi connectivity index (χ4v) is 6.01. The van der Waals surface area contributed by atoms with Crippen LogP contribution in [0.4, 0.5) is 0 Å². The molecule has 3 saturated carbocycles. The summed E-state index contributed by atoms with van der Waals surface area (Å²) in [6.45, 7) is 7.34. The molecule has 0 heterocycles. The van der Waals surface area contributed by atoms with Crippen molar-refractivity contribution in [3.63, 3.8) is 0 Å². The van der Waals surface area contributed by atoms with Crippen LogP contribution < -0.4 is 0 Å². The van der Waals surface area contributed by atoms with Crippen LogP contribution in [0.1, 0.15) is 72.1 Å². The minimum Gasteiger partial charge on any atom is -0.0888 e. The molecule has 19 heavy (non-hydrogen) atoms. The molecule has 0 aromatic heterocycles. The van der Waals surface area contributed by atoms with Crippen molar-refractivity contribution >= 4 is 15.9 Å². The van der Waals surface area contributed by atoms with E-state index in [0.29, 0.717) is 5.41 Å². The molecule has 1 heteroatoms. The predicted molar refractivity (Wildman–Crippen MR) is 86.6 cm³/mol. The summed E-state index contributed by atoms with van der Waals surface area (Å²) in [6, 6.07) is 0. The molecule has 110 valence electrons. The molecule has 3 aliphatic rings. The Balaban J connectivity index is 1.59. The van der Waals surface area contributed by atoms with Gasteiger partial charge in [0.05, 0.1) is 0 Å². The Kier molecular flexibility index (Phi) is 4.06. The zero-order valence-electron chi connectivity index (χ0n) is 13.0. The van der Waals surface area contributed by atoms with Crippen molar-refractivity contribution in [1.29, 1.82) is 0 Å². The molecular formula is C18H31Br. The molecule has 0 aromatic rings. The van der Waals surface area contributed by atoms with Gasteiger partial charge in [0.1, 0.15) is 0 Å². The van der Waals surface area contributed by atoms with Gasteiger partial charge in [-0.2, -0.15) is 0 Å². The Morgan fingerprint density at radius 3 is 2.26 bits per heavy atom. The molecule has 6 unspecified atom stereocenters. The fraction of sp³-hybridized carbons (Fsp3) is 1.00. The maximum absolute atomic E-state index is 4.01. The van der Waals surface area contributed by atoms with E-state index in [2.05, 4.69) is 36.7 Å². The number of alkyl halides is 1. The molecule has 0 nitrogen and oxygen atoms in total. The van der Waals surface area contributed by atoms with Crippen molar-refractivity contribution in [1.82, 2.24) is 0 Å². The van der Waals surface area contributed by atoms with E-state index < -0.39 is 0 Å². The Labute approximate surface area is 128 Å². The lowest BCUT2D eigenvalue weighted by molar-refractivity contribution is 0.125. The molecule has 0 saturated heterocycles. The second kappa shape index (κ2) is 5.35. The second-order valence-corrected chi connectivity index (χ2v) is 10.00. The Hall–Kier alpha value is 0.480. The monoisotopic (exact) mass is 326 g/mol. The van der Waals surface area contributed by atoms with Gasteiger partial charge in [-0.25, -0.2) is 0 Å². The van der Waals surface area contributed by atoms with Gasteiger partial charge in [-0.1, -0.05) is 43.1 Å². The fourth-order valence-electron chi connectivity index (χ4n) is 5.31. The molecule has 3 fully saturated rings. The first-order valence-corrected chi connectivity index (χ1v) is 9.49. The number of rotatable bonds is 2. The first kappa shape index (κ1) is 14.4. The average Bonchev–Trinajstić information content (AvgIpc) is 2.92. The molecule has 6 atom stereocenters. The summed E-state index contributed by atoms with van der Waals surface area (Å²) in [5, 5.41) is 0. The Morgan fingerprint density at radius 2 is 1.68 bits per heavy atom. The van der Waals surface area contributed by atoms with Gasteiger partial charge in [-0.15, -0.1) is 0 Å². The normalized spacial score (nSPS) is 46.7. The number of fused-ring (bicyclic) bond motifs is 2. The highest BCUT2D eigenvalue weighted by Gasteiger charge is 2.42. The summed E-state index contributed by atoms with van der Waals surface area (Å²) in [4.78, 5) is 0.810. The van der Waals surface area contributed by atoms with Crippen LogP contribution in [-0.4, -0.2) is 4.83 Å². The smallest absolute Gasteiger partial charge is 0.0174 e. The van der Waals surface area contributed by atoms with E-state index in [1.54, 1.807) is 25.7 Å². The van der Waals surface area contributed by atoms with E-state index in [-0.39, 0.29) is 0 Å². The van der Waals surface area contributed by atoms with E-state index in [1.807, 2.05) is 0 Å². The van der Waals surface area contributed by atoms with Crippen LogP contribution >= 0.6 is 15.9 Å². The van der Waals surface area contributed by atoms with Gasteiger partial charge < -0.3 is 0 Å². The SMILES string of the molecule is CC(C)(C)C1CCC(Br)C(CC2CC3CCC2C3)C1. The van der Waals surface area contributed by atoms with Crippen LogP contribution in [0.25, 0.3) is 0 Å². The van der Waals surface area contributed by atoms with Gasteiger partial charge in [-0.05, 0) is 80.0 Å². The van der Waals surface area contributed by atoms with Crippen LogP contribution in [0.5, 0.6) is 0 Å². The third-order valence-corrected chi connectivity index (χ3v) is 7.81. The van der Waals surface area contributed by atoms with E-state index in [9.17, 15) is 0 Å². The molecule has 3 aliphatic carbocycles. The highest BCUT2D eigenvalue weighted by molar-refractivity contribution is 9.09. The number of hydrogen-bond donors (Lipinski definition) is 0. The third-order valence-electron chi connectivity index (χ3n) is 6.60. The zero-order chi connectivity index (χ0) is 13.6. The quantitative estimate of drug-likeness (QED) is 0.543. The minimum absolute atomic E-state index is 0.514. The molecule has 0 spiro atoms. The van der Waals surface area contributed by atoms with E-state index in [0.717, 1.165) is 34.4 Å². The minimum atomic E-state index is 0.514. The number of hydrogen-bond acceptors (Lipinski definition) is 0. The Bertz CT molecular complexity index is 316. The molecule has 0 N–H and O–H groups in total. The lowest BCUT2D eigenvalue weighted by Gasteiger charge is -2.41. The summed E-state index contributed by atoms with van der Waals surface area (Å²) in [6.07, 6.45) is 12.1. The van der Waals surface area contributed by atoms with Crippen LogP contribution in [0.2, 0.25) is 0 Å². The van der Waals surface area contributed by atoms with Crippen molar-refractivity contribution in [2.75, 3.05) is 0 Å². The first-order valence-electron chi connectivity index (χ1n) is 8.57. The summed E-state index contributed by atoms with van der Waals surface area (Å²) in [5.74, 6) is 5.22. The Morgan fingerprint density at radius 1 is 0.895 bits per heavy atom. The van der Waals surface area contributed by atoms with Crippen molar-refractivity contribution in [3.05, 3.63) is 0 Å². The van der Waals surface area contributed by atoms with Crippen LogP contribution in [-0.2, 0) is 0 Å². The van der Waals surface area contributed by atoms with Gasteiger partial charge in [0.15, 0.2) is 0 Å². The molecule has 0 aromatic carbocycles. The maximum Gasteiger partial charge on any atom is 0.0174 e. The highest BCUT2D eigenvalue weighted by Crippen LogP contribution is 2.53. The van der Waals surface area contributed by atoms with Crippen LogP contribution in [0.3, 0.4) is 0 Å². The summed E-state index contributed by atoms with van der Waals surface area (Å²) in [7, 11) is 0. The highest BCUT2D eigenvalue weighted by atomic mass is 79.9. The molecule has 0 amide bonds. The standard InChI is InChI=1S/C18H31Br/c1-18(2,3)16-6-7-17(19)15(11-16)10-14-9-12-4-5-13(14)8-12/h12-17H,4-11H2,1-3H3. The van der Waals surface area contributed by atoms with Crippen molar-refractivity contribution in [2.24, 2.45) is 35.0 Å². The van der Waals surface area contributed by atoms with Gasteiger partial charge in [-0.3, -0.25) is 0 Å². The van der Waals surface area contributed by atoms with Gasteiger partial charge in [0.25, 0.3) is 0 Å². The summed E-state index contributed by atoms with van der Waals surface area (Å²) < 4.78 is 0. The zero-order valence-corrected chi connectivity index (χ0v) is 14.6. The lowest BCUT2D eigenvalue weighted by Crippen LogP contribution is -2.33. The van der Waals surface area contributed by atoms with E-state index in [1.165, 1.54) is 25.7 Å². The second-order valence-electron chi connectivity index (χ2n) is 8.82. The van der Waals surface area contributed by atoms with Crippen LogP contribution in [0.15, 0.2) is 0 Å². The molecule has 2 bridgehead atoms. The number of halogens is 1. The summed E-state index contributed by atoms with van der Waals surface area (Å²) in [5.41, 5.74) is 0.514. The average molecular weight is 327 g/mol. The predicted octanol–water partition coefficient (Wildman–Crippen LogP) is 6.04. The maximum atomic E-state index is 4.01. The van der Waals surface area contributed by atoms with Gasteiger partial charge in [0, 0.05) is 4.83 Å². The molecule has 0 aliphatic heterocycles. The van der Waals surface area contributed by atoms with Crippen molar-refractivity contribution < 1.29 is 0 Å². The largest absolute Gasteiger partial charge is 0.0888 e. The van der Waals surface area contributed by atoms with Gasteiger partial charge in [0.2, 0.25) is 0 Å². The van der Waals surface area contributed by atoms with Crippen molar-refractivity contribution in [2.45, 2.75) is 77.0 Å². The first-order chi connectivity index (χ1) is 8.93. The van der Waals surface area contributed by atoms with E-state index >= 15 is 0 Å². The molecular weight excluding hydrogens is 296 g/mol. The van der Waals surface area contributed by atoms with Crippen molar-refractivity contribution in [3.8, 4) is 0 Å². The molecule has 0 radical (unpaired) electrons. The summed E-state index contributed by atoms with van der Waals surface area (Å²) >= 11 is 4.01. The third kappa shape index (κ3) is 3.06. The molecule has 3 rings (SSSR count).